The number of aliphatic carboxylic acids is 1. The summed E-state index contributed by atoms with van der Waals surface area (Å²) in [5, 5.41) is 21.5. The van der Waals surface area contributed by atoms with Crippen LogP contribution in [0.15, 0.2) is 41.2 Å². The summed E-state index contributed by atoms with van der Waals surface area (Å²) in [6.07, 6.45) is 7.15. The van der Waals surface area contributed by atoms with Crippen molar-refractivity contribution in [1.82, 2.24) is 0 Å². The standard InChI is InChI=1S/C18H23N3O4.ClH/c1-2-3-4-7-10-21(12-17(23)24)11-15(19-13-21)18(25)20-14-8-5-6-9-16(14)22;/h5-6,8-9,11,13H,2-4,7,10,12H2,1H3,(H2-,20,22,23,24,25);1H/p+1. The van der Waals surface area contributed by atoms with Crippen molar-refractivity contribution in [1.29, 1.82) is 0 Å². The number of aromatic hydroxyl groups is 1. The first-order valence-electron chi connectivity index (χ1n) is 8.41. The minimum atomic E-state index is -0.944. The number of anilines is 1. The topological polar surface area (TPSA) is 99.0 Å². The lowest BCUT2D eigenvalue weighted by Crippen LogP contribution is -2.44. The first kappa shape index (κ1) is 21.7. The highest BCUT2D eigenvalue weighted by Crippen LogP contribution is 2.24. The highest BCUT2D eigenvalue weighted by atomic mass is 35.5. The van der Waals surface area contributed by atoms with Crippen LogP contribution < -0.4 is 5.32 Å². The van der Waals surface area contributed by atoms with Gasteiger partial charge in [-0.05, 0) is 25.0 Å². The van der Waals surface area contributed by atoms with Crippen LogP contribution in [0.2, 0.25) is 0 Å². The van der Waals surface area contributed by atoms with Crippen molar-refractivity contribution in [3.8, 4) is 5.75 Å². The molecule has 0 saturated heterocycles. The molecule has 142 valence electrons. The van der Waals surface area contributed by atoms with Crippen LogP contribution in [0.1, 0.15) is 32.6 Å². The normalized spacial score (nSPS) is 18.1. The van der Waals surface area contributed by atoms with Gasteiger partial charge in [0.15, 0.2) is 18.6 Å². The highest BCUT2D eigenvalue weighted by Gasteiger charge is 2.34. The van der Waals surface area contributed by atoms with Gasteiger partial charge in [0.25, 0.3) is 5.91 Å². The maximum absolute atomic E-state index is 12.4. The summed E-state index contributed by atoms with van der Waals surface area (Å²) in [7, 11) is 0. The van der Waals surface area contributed by atoms with Crippen LogP contribution in [0, 0.1) is 0 Å². The Kier molecular flexibility index (Phi) is 8.28. The summed E-state index contributed by atoms with van der Waals surface area (Å²) in [5.74, 6) is -1.46. The molecular weight excluding hydrogens is 358 g/mol. The second-order valence-corrected chi connectivity index (χ2v) is 6.17. The molecule has 7 nitrogen and oxygen atoms in total. The van der Waals surface area contributed by atoms with Crippen LogP contribution in [-0.2, 0) is 9.59 Å². The van der Waals surface area contributed by atoms with Gasteiger partial charge in [0.2, 0.25) is 0 Å². The predicted octanol–water partition coefficient (Wildman–Crippen LogP) is 3.12. The molecule has 1 atom stereocenters. The number of para-hydroxylation sites is 2. The van der Waals surface area contributed by atoms with Crippen molar-refractivity contribution in [2.75, 3.05) is 18.4 Å². The molecule has 0 bridgehead atoms. The van der Waals surface area contributed by atoms with Gasteiger partial charge in [-0.2, -0.15) is 4.99 Å². The second-order valence-electron chi connectivity index (χ2n) is 6.17. The molecule has 1 aliphatic rings. The number of phenolic OH excluding ortho intramolecular Hbond substituents is 1. The van der Waals surface area contributed by atoms with Crippen molar-refractivity contribution in [2.24, 2.45) is 4.99 Å². The molecule has 3 N–H and O–H groups in total. The monoisotopic (exact) mass is 382 g/mol. The number of hydrogen-bond donors (Lipinski definition) is 3. The van der Waals surface area contributed by atoms with E-state index in [9.17, 15) is 19.8 Å². The SMILES string of the molecule is CCCCCC[N+]1(CC(=O)O)C=NC(C(=O)Nc2ccccc2O)=C1.Cl. The van der Waals surface area contributed by atoms with Gasteiger partial charge in [0.1, 0.15) is 11.9 Å². The number of rotatable bonds is 9. The molecule has 0 aromatic heterocycles. The number of carbonyl (C=O) groups excluding carboxylic acids is 1. The summed E-state index contributed by atoms with van der Waals surface area (Å²) in [6.45, 7) is 2.55. The highest BCUT2D eigenvalue weighted by molar-refractivity contribution is 6.05. The molecule has 0 spiro atoms. The van der Waals surface area contributed by atoms with Gasteiger partial charge in [-0.25, -0.2) is 9.28 Å². The third-order valence-corrected chi connectivity index (χ3v) is 4.05. The number of amides is 1. The molecule has 1 amide bonds. The van der Waals surface area contributed by atoms with E-state index in [1.807, 2.05) is 0 Å². The molecule has 2 rings (SSSR count). The molecule has 1 unspecified atom stereocenters. The van der Waals surface area contributed by atoms with Gasteiger partial charge in [0.05, 0.1) is 12.2 Å². The first-order chi connectivity index (χ1) is 12.0. The number of carbonyl (C=O) groups is 2. The second kappa shape index (κ2) is 9.94. The zero-order valence-corrected chi connectivity index (χ0v) is 15.5. The molecule has 26 heavy (non-hydrogen) atoms. The van der Waals surface area contributed by atoms with Gasteiger partial charge in [-0.15, -0.1) is 12.4 Å². The summed E-state index contributed by atoms with van der Waals surface area (Å²) in [6, 6.07) is 6.40. The van der Waals surface area contributed by atoms with Gasteiger partial charge in [-0.1, -0.05) is 31.9 Å². The quantitative estimate of drug-likeness (QED) is 0.347. The van der Waals surface area contributed by atoms with E-state index in [0.29, 0.717) is 6.54 Å². The fourth-order valence-electron chi connectivity index (χ4n) is 2.74. The van der Waals surface area contributed by atoms with E-state index >= 15 is 0 Å². The minimum absolute atomic E-state index is 0. The molecule has 1 heterocycles. The van der Waals surface area contributed by atoms with Crippen LogP contribution in [0.25, 0.3) is 0 Å². The Hall–Kier alpha value is -2.38. The number of benzene rings is 1. The Labute approximate surface area is 159 Å². The molecule has 8 heteroatoms. The van der Waals surface area contributed by atoms with E-state index in [1.165, 1.54) is 12.4 Å². The zero-order valence-electron chi connectivity index (χ0n) is 14.7. The lowest BCUT2D eigenvalue weighted by molar-refractivity contribution is -0.771. The summed E-state index contributed by atoms with van der Waals surface area (Å²) < 4.78 is 0.0303. The fourth-order valence-corrected chi connectivity index (χ4v) is 2.74. The van der Waals surface area contributed by atoms with E-state index < -0.39 is 11.9 Å². The maximum Gasteiger partial charge on any atom is 0.360 e. The first-order valence-corrected chi connectivity index (χ1v) is 8.41. The van der Waals surface area contributed by atoms with E-state index in [0.717, 1.165) is 25.7 Å². The van der Waals surface area contributed by atoms with Gasteiger partial charge in [0, 0.05) is 0 Å². The van der Waals surface area contributed by atoms with Gasteiger partial charge >= 0.3 is 5.97 Å². The average molecular weight is 383 g/mol. The third-order valence-electron chi connectivity index (χ3n) is 4.05. The smallest absolute Gasteiger partial charge is 0.360 e. The Morgan fingerprint density at radius 2 is 1.92 bits per heavy atom. The lowest BCUT2D eigenvalue weighted by atomic mass is 10.2. The van der Waals surface area contributed by atoms with Gasteiger partial charge in [-0.3, -0.25) is 4.79 Å². The molecule has 0 radical (unpaired) electrons. The zero-order chi connectivity index (χ0) is 18.3. The number of unbranched alkanes of at least 4 members (excludes halogenated alkanes) is 3. The molecule has 1 aliphatic heterocycles. The Bertz CT molecular complexity index is 705. The lowest BCUT2D eigenvalue weighted by Gasteiger charge is -2.25. The van der Waals surface area contributed by atoms with Crippen molar-refractivity contribution < 1.29 is 24.3 Å². The number of nitrogens with one attached hydrogen (secondary N) is 1. The number of aliphatic imine (C=N–C) groups is 1. The number of nitrogens with zero attached hydrogens (tertiary/aromatic N) is 2. The number of carboxylic acid groups (broad SMARTS) is 1. The van der Waals surface area contributed by atoms with E-state index in [1.54, 1.807) is 24.4 Å². The van der Waals surface area contributed by atoms with Gasteiger partial charge < -0.3 is 15.5 Å². The number of phenols is 1. The van der Waals surface area contributed by atoms with Crippen LogP contribution in [-0.4, -0.2) is 46.0 Å². The number of carboxylic acids is 1. The third kappa shape index (κ3) is 5.86. The van der Waals surface area contributed by atoms with Crippen molar-refractivity contribution >= 4 is 36.3 Å². The Balaban J connectivity index is 0.00000338. The minimum Gasteiger partial charge on any atom is -0.506 e. The largest absolute Gasteiger partial charge is 0.506 e. The Morgan fingerprint density at radius 3 is 2.58 bits per heavy atom. The van der Waals surface area contributed by atoms with E-state index in [4.69, 9.17) is 0 Å². The van der Waals surface area contributed by atoms with E-state index in [-0.39, 0.29) is 40.6 Å². The predicted molar refractivity (Wildman–Crippen MR) is 102 cm³/mol. The van der Waals surface area contributed by atoms with Crippen LogP contribution in [0.3, 0.4) is 0 Å². The van der Waals surface area contributed by atoms with Crippen molar-refractivity contribution in [3.05, 3.63) is 36.2 Å². The number of halogens is 1. The molecule has 0 fully saturated rings. The van der Waals surface area contributed by atoms with Crippen molar-refractivity contribution in [3.63, 3.8) is 0 Å². The maximum atomic E-state index is 12.4. The number of quaternary nitrogens is 1. The molecule has 1 aromatic carbocycles. The summed E-state index contributed by atoms with van der Waals surface area (Å²) in [4.78, 5) is 27.7. The fraction of sp³-hybridized carbons (Fsp3) is 0.389. The molecule has 1 aromatic rings. The molecule has 0 aliphatic carbocycles. The summed E-state index contributed by atoms with van der Waals surface area (Å²) >= 11 is 0. The van der Waals surface area contributed by atoms with Crippen LogP contribution >= 0.6 is 12.4 Å². The van der Waals surface area contributed by atoms with Crippen LogP contribution in [0.5, 0.6) is 5.75 Å². The average Bonchev–Trinajstić information content (AvgIpc) is 2.97. The van der Waals surface area contributed by atoms with E-state index in [2.05, 4.69) is 17.2 Å². The van der Waals surface area contributed by atoms with Crippen LogP contribution in [0.4, 0.5) is 5.69 Å². The van der Waals surface area contributed by atoms with Crippen molar-refractivity contribution in [2.45, 2.75) is 32.6 Å². The Morgan fingerprint density at radius 1 is 1.19 bits per heavy atom. The number of hydrogen-bond acceptors (Lipinski definition) is 4. The molecule has 0 saturated carbocycles. The molecular formula is C18H25ClN3O4+. The summed E-state index contributed by atoms with van der Waals surface area (Å²) in [5.41, 5.74) is 0.440.